The number of hydrogen-bond donors (Lipinski definition) is 0. The molecule has 0 amide bonds. The Labute approximate surface area is 114 Å². The molecule has 0 aliphatic heterocycles. The summed E-state index contributed by atoms with van der Waals surface area (Å²) in [5, 5.41) is 0. The summed E-state index contributed by atoms with van der Waals surface area (Å²) < 4.78 is 5.02. The topological polar surface area (TPSA) is 39.2 Å². The molecule has 0 atom stereocenters. The van der Waals surface area contributed by atoms with Gasteiger partial charge in [0, 0.05) is 33.5 Å². The Morgan fingerprint density at radius 3 is 2.59 bits per heavy atom. The lowest BCUT2D eigenvalue weighted by Crippen LogP contribution is -3.00. The summed E-state index contributed by atoms with van der Waals surface area (Å²) in [4.78, 5) is 16.0. The highest BCUT2D eigenvalue weighted by Crippen LogP contribution is 2.50. The van der Waals surface area contributed by atoms with Gasteiger partial charge in [0.05, 0.1) is 17.9 Å². The summed E-state index contributed by atoms with van der Waals surface area (Å²) in [6.45, 7) is 8.91. The lowest BCUT2D eigenvalue weighted by atomic mass is 10.2. The van der Waals surface area contributed by atoms with Gasteiger partial charge in [-0.05, 0) is 19.1 Å². The van der Waals surface area contributed by atoms with Crippen molar-refractivity contribution in [3.05, 3.63) is 29.6 Å². The van der Waals surface area contributed by atoms with Crippen LogP contribution in [-0.2, 0) is 10.9 Å². The second-order valence-electron chi connectivity index (χ2n) is 4.67. The quantitative estimate of drug-likeness (QED) is 0.563. The van der Waals surface area contributed by atoms with Gasteiger partial charge in [0.2, 0.25) is 0 Å². The lowest BCUT2D eigenvalue weighted by Gasteiger charge is -2.13. The highest BCUT2D eigenvalue weighted by atomic mass is 79.9. The van der Waals surface area contributed by atoms with Gasteiger partial charge in [0.1, 0.15) is 6.16 Å². The second kappa shape index (κ2) is 7.07. The van der Waals surface area contributed by atoms with E-state index in [0.29, 0.717) is 12.2 Å². The number of carbonyl (C=O) groups excluding carboxylic acids is 1. The predicted molar refractivity (Wildman–Crippen MR) is 68.6 cm³/mol. The number of esters is 1. The normalized spacial score (nSPS) is 10.6. The molecule has 0 spiro atoms. The number of rotatable bonds is 4. The largest absolute Gasteiger partial charge is 1.00 e. The van der Waals surface area contributed by atoms with Gasteiger partial charge in [-0.15, -0.1) is 0 Å². The molecule has 0 aromatic carbocycles. The number of pyridine rings is 1. The Hall–Kier alpha value is -0.470. The maximum absolute atomic E-state index is 11.7. The maximum Gasteiger partial charge on any atom is 0.340 e. The first-order chi connectivity index (χ1) is 7.44. The lowest BCUT2D eigenvalue weighted by molar-refractivity contribution is -0.0000222. The summed E-state index contributed by atoms with van der Waals surface area (Å²) in [7, 11) is -0.993. The van der Waals surface area contributed by atoms with Crippen molar-refractivity contribution in [1.82, 2.24) is 4.98 Å². The first-order valence-electron chi connectivity index (χ1n) is 5.35. The Balaban J connectivity index is 0.00000256. The molecular formula is C12H19BrNO2P. The number of hydrogen-bond acceptors (Lipinski definition) is 3. The van der Waals surface area contributed by atoms with Crippen molar-refractivity contribution < 1.29 is 26.5 Å². The van der Waals surface area contributed by atoms with E-state index < -0.39 is 7.26 Å². The van der Waals surface area contributed by atoms with Gasteiger partial charge in [-0.1, -0.05) is 0 Å². The van der Waals surface area contributed by atoms with Crippen LogP contribution in [-0.4, -0.2) is 37.6 Å². The van der Waals surface area contributed by atoms with Crippen molar-refractivity contribution in [2.75, 3.05) is 26.6 Å². The Morgan fingerprint density at radius 2 is 2.06 bits per heavy atom. The van der Waals surface area contributed by atoms with Gasteiger partial charge in [0.25, 0.3) is 0 Å². The molecule has 5 heteroatoms. The number of halogens is 1. The van der Waals surface area contributed by atoms with Crippen LogP contribution in [0.5, 0.6) is 0 Å². The molecule has 0 N–H and O–H groups in total. The van der Waals surface area contributed by atoms with Gasteiger partial charge in [-0.3, -0.25) is 4.98 Å². The fraction of sp³-hybridized carbons (Fsp3) is 0.500. The van der Waals surface area contributed by atoms with Crippen LogP contribution in [0.2, 0.25) is 0 Å². The molecule has 0 unspecified atom stereocenters. The third kappa shape index (κ3) is 5.60. The minimum atomic E-state index is -0.993. The number of nitrogens with zero attached hydrogens (tertiary/aromatic N) is 1. The number of ether oxygens (including phenoxy) is 1. The maximum atomic E-state index is 11.7. The first kappa shape index (κ1) is 16.5. The van der Waals surface area contributed by atoms with Crippen molar-refractivity contribution in [2.45, 2.75) is 13.1 Å². The molecule has 1 aromatic rings. The summed E-state index contributed by atoms with van der Waals surface area (Å²) in [6, 6.07) is 3.56. The fourth-order valence-electron chi connectivity index (χ4n) is 1.41. The highest BCUT2D eigenvalue weighted by molar-refractivity contribution is 7.72. The molecule has 17 heavy (non-hydrogen) atoms. The summed E-state index contributed by atoms with van der Waals surface area (Å²) in [6.07, 6.45) is 2.61. The number of carbonyl (C=O) groups is 1. The van der Waals surface area contributed by atoms with E-state index in [9.17, 15) is 4.79 Å². The summed E-state index contributed by atoms with van der Waals surface area (Å²) >= 11 is 0. The van der Waals surface area contributed by atoms with Gasteiger partial charge in [-0.2, -0.15) is 0 Å². The SMILES string of the molecule is CCOC(=O)c1cccnc1C[P+](C)(C)C.[Br-]. The third-order valence-electron chi connectivity index (χ3n) is 2.01. The standard InChI is InChI=1S/C12H19NO2P.BrH/c1-5-15-12(14)10-7-6-8-13-11(10)9-16(2,3)4;/h6-8H,5,9H2,1-4H3;1H/q+1;/p-1. The Bertz CT molecular complexity index is 377. The van der Waals surface area contributed by atoms with Crippen molar-refractivity contribution >= 4 is 13.2 Å². The van der Waals surface area contributed by atoms with Crippen molar-refractivity contribution in [3.63, 3.8) is 0 Å². The van der Waals surface area contributed by atoms with E-state index in [1.165, 1.54) is 0 Å². The summed E-state index contributed by atoms with van der Waals surface area (Å²) in [5.41, 5.74) is 1.47. The van der Waals surface area contributed by atoms with Gasteiger partial charge >= 0.3 is 5.97 Å². The molecule has 1 aromatic heterocycles. The van der Waals surface area contributed by atoms with Crippen LogP contribution in [0.3, 0.4) is 0 Å². The second-order valence-corrected chi connectivity index (χ2v) is 9.56. The molecule has 0 saturated carbocycles. The van der Waals surface area contributed by atoms with Crippen molar-refractivity contribution in [3.8, 4) is 0 Å². The van der Waals surface area contributed by atoms with Crippen LogP contribution >= 0.6 is 7.26 Å². The van der Waals surface area contributed by atoms with Crippen LogP contribution < -0.4 is 17.0 Å². The van der Waals surface area contributed by atoms with E-state index >= 15 is 0 Å². The van der Waals surface area contributed by atoms with Gasteiger partial charge in [0.15, 0.2) is 0 Å². The molecule has 0 aliphatic carbocycles. The van der Waals surface area contributed by atoms with E-state index in [-0.39, 0.29) is 23.0 Å². The van der Waals surface area contributed by atoms with E-state index in [1.807, 2.05) is 6.92 Å². The summed E-state index contributed by atoms with van der Waals surface area (Å²) in [5.74, 6) is -0.265. The fourth-order valence-corrected chi connectivity index (χ4v) is 2.56. The molecule has 96 valence electrons. The Kier molecular flexibility index (Phi) is 6.88. The van der Waals surface area contributed by atoms with Crippen LogP contribution in [0.1, 0.15) is 23.0 Å². The van der Waals surface area contributed by atoms with Crippen LogP contribution in [0.25, 0.3) is 0 Å². The smallest absolute Gasteiger partial charge is 0.340 e. The molecule has 1 heterocycles. The molecule has 0 fully saturated rings. The van der Waals surface area contributed by atoms with Crippen LogP contribution in [0.4, 0.5) is 0 Å². The molecule has 1 rings (SSSR count). The van der Waals surface area contributed by atoms with E-state index in [0.717, 1.165) is 11.9 Å². The first-order valence-corrected chi connectivity index (χ1v) is 8.67. The average Bonchev–Trinajstić information content (AvgIpc) is 2.16. The van der Waals surface area contributed by atoms with E-state index in [2.05, 4.69) is 25.0 Å². The molecule has 0 aliphatic rings. The molecular weight excluding hydrogens is 301 g/mol. The van der Waals surface area contributed by atoms with Crippen molar-refractivity contribution in [1.29, 1.82) is 0 Å². The molecule has 0 radical (unpaired) electrons. The molecule has 3 nitrogen and oxygen atoms in total. The van der Waals surface area contributed by atoms with Crippen molar-refractivity contribution in [2.24, 2.45) is 0 Å². The molecule has 0 bridgehead atoms. The zero-order chi connectivity index (χ0) is 12.2. The molecule has 0 saturated heterocycles. The predicted octanol–water partition coefficient (Wildman–Crippen LogP) is -0.331. The van der Waals surface area contributed by atoms with Crippen LogP contribution in [0, 0.1) is 0 Å². The average molecular weight is 320 g/mol. The zero-order valence-corrected chi connectivity index (χ0v) is 13.2. The zero-order valence-electron chi connectivity index (χ0n) is 10.7. The minimum Gasteiger partial charge on any atom is -1.00 e. The minimum absolute atomic E-state index is 0. The Morgan fingerprint density at radius 1 is 1.41 bits per heavy atom. The van der Waals surface area contributed by atoms with Gasteiger partial charge in [-0.25, -0.2) is 4.79 Å². The monoisotopic (exact) mass is 319 g/mol. The van der Waals surface area contributed by atoms with E-state index in [1.54, 1.807) is 18.3 Å². The highest BCUT2D eigenvalue weighted by Gasteiger charge is 2.23. The van der Waals surface area contributed by atoms with Crippen LogP contribution in [0.15, 0.2) is 18.3 Å². The number of aromatic nitrogens is 1. The third-order valence-corrected chi connectivity index (χ3v) is 3.26. The van der Waals surface area contributed by atoms with Gasteiger partial charge < -0.3 is 21.7 Å². The van der Waals surface area contributed by atoms with E-state index in [4.69, 9.17) is 4.74 Å².